The highest BCUT2D eigenvalue weighted by Gasteiger charge is 2.41. The molecule has 0 amide bonds. The fourth-order valence-corrected chi connectivity index (χ4v) is 2.97. The summed E-state index contributed by atoms with van der Waals surface area (Å²) in [5.74, 6) is 0.991. The SMILES string of the molecule is CCOc1ccccc1N1CCC(NC)C1(C)C. The van der Waals surface area contributed by atoms with Crippen LogP contribution in [-0.2, 0) is 0 Å². The van der Waals surface area contributed by atoms with Crippen molar-refractivity contribution in [1.82, 2.24) is 5.32 Å². The molecular weight excluding hydrogens is 224 g/mol. The van der Waals surface area contributed by atoms with Crippen molar-refractivity contribution < 1.29 is 4.74 Å². The van der Waals surface area contributed by atoms with E-state index in [9.17, 15) is 0 Å². The highest BCUT2D eigenvalue weighted by Crippen LogP contribution is 2.38. The minimum Gasteiger partial charge on any atom is -0.492 e. The van der Waals surface area contributed by atoms with Crippen molar-refractivity contribution >= 4 is 5.69 Å². The average Bonchev–Trinajstić information content (AvgIpc) is 2.65. The minimum atomic E-state index is 0.113. The molecule has 1 aromatic carbocycles. The molecule has 100 valence electrons. The van der Waals surface area contributed by atoms with Gasteiger partial charge in [0.2, 0.25) is 0 Å². The third-order valence-corrected chi connectivity index (χ3v) is 3.99. The molecule has 2 rings (SSSR count). The van der Waals surface area contributed by atoms with Crippen LogP contribution in [0.4, 0.5) is 5.69 Å². The summed E-state index contributed by atoms with van der Waals surface area (Å²) in [5, 5.41) is 3.42. The zero-order valence-corrected chi connectivity index (χ0v) is 11.9. The van der Waals surface area contributed by atoms with E-state index in [1.54, 1.807) is 0 Å². The molecule has 18 heavy (non-hydrogen) atoms. The van der Waals surface area contributed by atoms with Crippen molar-refractivity contribution in [2.45, 2.75) is 38.8 Å². The van der Waals surface area contributed by atoms with E-state index in [-0.39, 0.29) is 5.54 Å². The van der Waals surface area contributed by atoms with Gasteiger partial charge in [-0.05, 0) is 46.4 Å². The van der Waals surface area contributed by atoms with Crippen molar-refractivity contribution in [3.8, 4) is 5.75 Å². The van der Waals surface area contributed by atoms with Gasteiger partial charge in [-0.1, -0.05) is 12.1 Å². The second kappa shape index (κ2) is 5.19. The molecule has 1 heterocycles. The van der Waals surface area contributed by atoms with Gasteiger partial charge in [0.05, 0.1) is 17.8 Å². The van der Waals surface area contributed by atoms with Crippen LogP contribution < -0.4 is 15.0 Å². The Bertz CT molecular complexity index is 403. The Balaban J connectivity index is 2.32. The molecule has 3 nitrogen and oxygen atoms in total. The minimum absolute atomic E-state index is 0.113. The Kier molecular flexibility index (Phi) is 3.81. The number of nitrogens with zero attached hydrogens (tertiary/aromatic N) is 1. The molecule has 0 aliphatic carbocycles. The van der Waals surface area contributed by atoms with Crippen molar-refractivity contribution in [3.63, 3.8) is 0 Å². The molecule has 1 aliphatic rings. The molecule has 0 radical (unpaired) electrons. The fraction of sp³-hybridized carbons (Fsp3) is 0.600. The molecule has 1 fully saturated rings. The summed E-state index contributed by atoms with van der Waals surface area (Å²) < 4.78 is 5.75. The lowest BCUT2D eigenvalue weighted by Gasteiger charge is -2.38. The van der Waals surface area contributed by atoms with E-state index >= 15 is 0 Å². The zero-order valence-electron chi connectivity index (χ0n) is 11.9. The van der Waals surface area contributed by atoms with E-state index in [0.29, 0.717) is 12.6 Å². The number of ether oxygens (including phenoxy) is 1. The molecule has 0 aromatic heterocycles. The van der Waals surface area contributed by atoms with E-state index in [2.05, 4.69) is 42.3 Å². The predicted molar refractivity (Wildman–Crippen MR) is 76.5 cm³/mol. The van der Waals surface area contributed by atoms with Crippen LogP contribution in [0.3, 0.4) is 0 Å². The molecule has 1 unspecified atom stereocenters. The van der Waals surface area contributed by atoms with Crippen molar-refractivity contribution in [2.75, 3.05) is 25.1 Å². The predicted octanol–water partition coefficient (Wildman–Crippen LogP) is 2.66. The lowest BCUT2D eigenvalue weighted by Crippen LogP contribution is -2.50. The molecule has 3 heteroatoms. The van der Waals surface area contributed by atoms with Gasteiger partial charge >= 0.3 is 0 Å². The van der Waals surface area contributed by atoms with Gasteiger partial charge in [-0.2, -0.15) is 0 Å². The Labute approximate surface area is 110 Å². The molecule has 1 aliphatic heterocycles. The number of benzene rings is 1. The maximum Gasteiger partial charge on any atom is 0.142 e. The number of likely N-dealkylation sites (N-methyl/N-ethyl adjacent to an activating group) is 1. The normalized spacial score (nSPS) is 22.2. The van der Waals surface area contributed by atoms with Gasteiger partial charge < -0.3 is 15.0 Å². The topological polar surface area (TPSA) is 24.5 Å². The van der Waals surface area contributed by atoms with E-state index in [1.165, 1.54) is 12.1 Å². The highest BCUT2D eigenvalue weighted by molar-refractivity contribution is 5.61. The first-order valence-corrected chi connectivity index (χ1v) is 6.78. The van der Waals surface area contributed by atoms with E-state index in [1.807, 2.05) is 20.0 Å². The maximum atomic E-state index is 5.75. The van der Waals surface area contributed by atoms with Crippen LogP contribution in [0.25, 0.3) is 0 Å². The van der Waals surface area contributed by atoms with Gasteiger partial charge in [0, 0.05) is 12.6 Å². The third-order valence-electron chi connectivity index (χ3n) is 3.99. The molecular formula is C15H24N2O. The van der Waals surface area contributed by atoms with Crippen LogP contribution in [0, 0.1) is 0 Å². The first-order chi connectivity index (χ1) is 8.61. The van der Waals surface area contributed by atoms with Crippen LogP contribution in [0.15, 0.2) is 24.3 Å². The lowest BCUT2D eigenvalue weighted by atomic mass is 9.95. The number of hydrogen-bond donors (Lipinski definition) is 1. The summed E-state index contributed by atoms with van der Waals surface area (Å²) in [5.41, 5.74) is 1.32. The van der Waals surface area contributed by atoms with Crippen LogP contribution in [0.5, 0.6) is 5.75 Å². The van der Waals surface area contributed by atoms with Crippen LogP contribution in [0.1, 0.15) is 27.2 Å². The number of rotatable bonds is 4. The monoisotopic (exact) mass is 248 g/mol. The quantitative estimate of drug-likeness (QED) is 0.886. The van der Waals surface area contributed by atoms with Crippen LogP contribution >= 0.6 is 0 Å². The van der Waals surface area contributed by atoms with Gasteiger partial charge in [0.1, 0.15) is 5.75 Å². The second-order valence-electron chi connectivity index (χ2n) is 5.34. The summed E-state index contributed by atoms with van der Waals surface area (Å²) in [4.78, 5) is 2.46. The summed E-state index contributed by atoms with van der Waals surface area (Å²) >= 11 is 0. The molecule has 0 bridgehead atoms. The third kappa shape index (κ3) is 2.19. The Morgan fingerprint density at radius 1 is 1.39 bits per heavy atom. The van der Waals surface area contributed by atoms with Gasteiger partial charge in [0.25, 0.3) is 0 Å². The first kappa shape index (κ1) is 13.2. The van der Waals surface area contributed by atoms with Crippen LogP contribution in [0.2, 0.25) is 0 Å². The smallest absolute Gasteiger partial charge is 0.142 e. The van der Waals surface area contributed by atoms with Crippen molar-refractivity contribution in [1.29, 1.82) is 0 Å². The van der Waals surface area contributed by atoms with E-state index in [4.69, 9.17) is 4.74 Å². The van der Waals surface area contributed by atoms with Gasteiger partial charge in [-0.3, -0.25) is 0 Å². The average molecular weight is 248 g/mol. The largest absolute Gasteiger partial charge is 0.492 e. The Hall–Kier alpha value is -1.22. The van der Waals surface area contributed by atoms with Gasteiger partial charge in [0.15, 0.2) is 0 Å². The summed E-state index contributed by atoms with van der Waals surface area (Å²) in [7, 11) is 2.05. The number of hydrogen-bond acceptors (Lipinski definition) is 3. The number of nitrogens with one attached hydrogen (secondary N) is 1. The number of para-hydroxylation sites is 2. The highest BCUT2D eigenvalue weighted by atomic mass is 16.5. The van der Waals surface area contributed by atoms with Gasteiger partial charge in [-0.25, -0.2) is 0 Å². The van der Waals surface area contributed by atoms with Crippen molar-refractivity contribution in [3.05, 3.63) is 24.3 Å². The molecule has 1 atom stereocenters. The van der Waals surface area contributed by atoms with E-state index in [0.717, 1.165) is 12.3 Å². The molecule has 0 spiro atoms. The number of anilines is 1. The molecule has 0 saturated carbocycles. The zero-order chi connectivity index (χ0) is 13.2. The van der Waals surface area contributed by atoms with Crippen LogP contribution in [-0.4, -0.2) is 31.8 Å². The summed E-state index contributed by atoms with van der Waals surface area (Å²) in [6.07, 6.45) is 1.17. The summed E-state index contributed by atoms with van der Waals surface area (Å²) in [6.45, 7) is 8.40. The Morgan fingerprint density at radius 2 is 2.11 bits per heavy atom. The van der Waals surface area contributed by atoms with Gasteiger partial charge in [-0.15, -0.1) is 0 Å². The Morgan fingerprint density at radius 3 is 2.72 bits per heavy atom. The van der Waals surface area contributed by atoms with Crippen molar-refractivity contribution in [2.24, 2.45) is 0 Å². The summed E-state index contributed by atoms with van der Waals surface area (Å²) in [6, 6.07) is 8.85. The lowest BCUT2D eigenvalue weighted by molar-refractivity contribution is 0.336. The second-order valence-corrected chi connectivity index (χ2v) is 5.34. The van der Waals surface area contributed by atoms with E-state index < -0.39 is 0 Å². The molecule has 1 saturated heterocycles. The fourth-order valence-electron chi connectivity index (χ4n) is 2.97. The maximum absolute atomic E-state index is 5.75. The molecule has 1 aromatic rings. The standard InChI is InChI=1S/C15H24N2O/c1-5-18-13-9-7-6-8-12(13)17-11-10-14(16-4)15(17,2)3/h6-9,14,16H,5,10-11H2,1-4H3. The molecule has 1 N–H and O–H groups in total. The first-order valence-electron chi connectivity index (χ1n) is 6.78.